The summed E-state index contributed by atoms with van der Waals surface area (Å²) >= 11 is 0. The number of carbonyl (C=O) groups excluding carboxylic acids is 6. The summed E-state index contributed by atoms with van der Waals surface area (Å²) in [4.78, 5) is 75.5. The number of likely N-dealkylation sites (tertiary alicyclic amines) is 3. The first kappa shape index (κ1) is 27.9. The number of allylic oxidation sites excluding steroid dienone is 6. The van der Waals surface area contributed by atoms with Crippen molar-refractivity contribution in [2.75, 3.05) is 21.1 Å². The van der Waals surface area contributed by atoms with Crippen LogP contribution >= 0.6 is 0 Å². The van der Waals surface area contributed by atoms with E-state index in [2.05, 4.69) is 36.5 Å². The molecule has 0 aromatic heterocycles. The third-order valence-corrected chi connectivity index (χ3v) is 13.8. The molecule has 16 unspecified atom stereocenters. The monoisotopic (exact) mass is 613 g/mol. The van der Waals surface area contributed by atoms with Gasteiger partial charge in [-0.3, -0.25) is 43.5 Å². The summed E-state index contributed by atoms with van der Waals surface area (Å²) in [5.74, 6) is 3.30. The molecule has 0 spiro atoms. The van der Waals surface area contributed by atoms with Crippen LogP contribution in [-0.2, 0) is 33.5 Å². The van der Waals surface area contributed by atoms with Gasteiger partial charge in [0.2, 0.25) is 35.4 Å². The molecule has 0 N–H and O–H groups in total. The number of imide groups is 3. The van der Waals surface area contributed by atoms with Gasteiger partial charge in [0.05, 0.1) is 47.7 Å². The van der Waals surface area contributed by atoms with Crippen LogP contribution in [0.3, 0.4) is 0 Å². The number of ether oxygens (including phenoxy) is 1. The lowest BCUT2D eigenvalue weighted by molar-refractivity contribution is -0.141. The topological polar surface area (TPSA) is 121 Å². The van der Waals surface area contributed by atoms with Crippen molar-refractivity contribution in [2.45, 2.75) is 37.9 Å². The van der Waals surface area contributed by atoms with E-state index in [1.165, 1.54) is 27.5 Å². The standard InChI is InChI=1S/C13H15NO2.C13H13NO2.C9H11NO3/c2*1-14-12(15)10-8-4-5-9(11(10)13(14)16)7-3-2-6(7)8;1-10-8(11)6-4-2-3-5(13-4)7(6)9(10)12/h4-11H,2-3H2,1H3;2-11H,1H3;4-7H,2-3H2,1H3. The number of rotatable bonds is 0. The molecule has 0 aromatic carbocycles. The van der Waals surface area contributed by atoms with Gasteiger partial charge in [-0.1, -0.05) is 36.5 Å². The molecule has 6 amide bonds. The Morgan fingerprint density at radius 3 is 1.04 bits per heavy atom. The Hall–Kier alpha value is -3.40. The maximum atomic E-state index is 12.1. The van der Waals surface area contributed by atoms with Crippen molar-refractivity contribution in [1.82, 2.24) is 14.7 Å². The minimum atomic E-state index is -0.156. The summed E-state index contributed by atoms with van der Waals surface area (Å²) in [7, 11) is 4.84. The molecule has 10 heteroatoms. The first-order valence-corrected chi connectivity index (χ1v) is 16.7. The highest BCUT2D eigenvalue weighted by atomic mass is 16.5. The fraction of sp³-hybridized carbons (Fsp3) is 0.657. The minimum absolute atomic E-state index is 0.0194. The summed E-state index contributed by atoms with van der Waals surface area (Å²) in [6.45, 7) is 0. The highest BCUT2D eigenvalue weighted by Crippen LogP contribution is 2.62. The van der Waals surface area contributed by atoms with E-state index >= 15 is 0 Å². The van der Waals surface area contributed by atoms with Crippen molar-refractivity contribution in [3.63, 3.8) is 0 Å². The number of nitrogens with zero attached hydrogens (tertiary/aromatic N) is 3. The molecular weight excluding hydrogens is 574 g/mol. The van der Waals surface area contributed by atoms with E-state index in [-0.39, 0.29) is 95.0 Å². The average Bonchev–Trinajstić information content (AvgIpc) is 3.77. The van der Waals surface area contributed by atoms with Gasteiger partial charge in [-0.05, 0) is 73.0 Å². The van der Waals surface area contributed by atoms with Gasteiger partial charge in [0, 0.05) is 21.1 Å². The Labute approximate surface area is 261 Å². The second kappa shape index (κ2) is 9.33. The number of amides is 6. The quantitative estimate of drug-likeness (QED) is 0.301. The molecule has 5 heterocycles. The molecule has 8 aliphatic carbocycles. The maximum Gasteiger partial charge on any atom is 0.235 e. The van der Waals surface area contributed by atoms with Crippen LogP contribution in [0.4, 0.5) is 0 Å². The largest absolute Gasteiger partial charge is 0.373 e. The molecule has 6 bridgehead atoms. The molecule has 13 aliphatic rings. The fourth-order valence-corrected chi connectivity index (χ4v) is 11.4. The van der Waals surface area contributed by atoms with Gasteiger partial charge in [0.15, 0.2) is 0 Å². The highest BCUT2D eigenvalue weighted by molar-refractivity contribution is 6.07. The Kier molecular flexibility index (Phi) is 5.78. The van der Waals surface area contributed by atoms with Crippen molar-refractivity contribution in [3.8, 4) is 0 Å². The van der Waals surface area contributed by atoms with E-state index in [1.807, 2.05) is 0 Å². The molecule has 13 rings (SSSR count). The summed E-state index contributed by atoms with van der Waals surface area (Å²) in [5.41, 5.74) is 0. The molecule has 0 radical (unpaired) electrons. The molecule has 3 saturated carbocycles. The predicted octanol–water partition coefficient (Wildman–Crippen LogP) is 1.67. The zero-order valence-corrected chi connectivity index (χ0v) is 25.7. The van der Waals surface area contributed by atoms with Crippen LogP contribution in [0, 0.1) is 82.9 Å². The number of carbonyl (C=O) groups is 6. The van der Waals surface area contributed by atoms with Gasteiger partial charge >= 0.3 is 0 Å². The van der Waals surface area contributed by atoms with Crippen LogP contribution in [-0.4, -0.2) is 83.5 Å². The summed E-state index contributed by atoms with van der Waals surface area (Å²) in [5, 5.41) is 0. The highest BCUT2D eigenvalue weighted by Gasteiger charge is 2.64. The van der Waals surface area contributed by atoms with Crippen LogP contribution in [0.15, 0.2) is 36.5 Å². The van der Waals surface area contributed by atoms with Gasteiger partial charge in [-0.25, -0.2) is 0 Å². The van der Waals surface area contributed by atoms with Gasteiger partial charge in [-0.15, -0.1) is 0 Å². The number of hydrogen-bond donors (Lipinski definition) is 0. The van der Waals surface area contributed by atoms with Gasteiger partial charge < -0.3 is 4.74 Å². The van der Waals surface area contributed by atoms with Crippen LogP contribution < -0.4 is 0 Å². The third-order valence-electron chi connectivity index (χ3n) is 13.8. The Morgan fingerprint density at radius 1 is 0.422 bits per heavy atom. The Balaban J connectivity index is 0.0000000943. The lowest BCUT2D eigenvalue weighted by atomic mass is 9.47. The first-order valence-electron chi connectivity index (χ1n) is 16.7. The van der Waals surface area contributed by atoms with Crippen molar-refractivity contribution in [3.05, 3.63) is 36.5 Å². The van der Waals surface area contributed by atoms with Crippen molar-refractivity contribution < 1.29 is 33.5 Å². The number of fused-ring (bicyclic) bond motifs is 5. The van der Waals surface area contributed by atoms with Crippen molar-refractivity contribution in [1.29, 1.82) is 0 Å². The Bertz CT molecular complexity index is 1440. The zero-order valence-electron chi connectivity index (χ0n) is 25.7. The molecule has 236 valence electrons. The molecule has 5 saturated heterocycles. The minimum Gasteiger partial charge on any atom is -0.373 e. The maximum absolute atomic E-state index is 12.1. The molecular formula is C35H39N3O7. The molecule has 8 fully saturated rings. The third kappa shape index (κ3) is 3.39. The molecule has 45 heavy (non-hydrogen) atoms. The van der Waals surface area contributed by atoms with E-state index < -0.39 is 0 Å². The van der Waals surface area contributed by atoms with Crippen molar-refractivity contribution in [2.24, 2.45) is 82.9 Å². The van der Waals surface area contributed by atoms with Crippen LogP contribution in [0.5, 0.6) is 0 Å². The molecule has 0 aromatic rings. The Morgan fingerprint density at radius 2 is 0.711 bits per heavy atom. The van der Waals surface area contributed by atoms with Gasteiger partial charge in [0.1, 0.15) is 0 Å². The lowest BCUT2D eigenvalue weighted by Crippen LogP contribution is -2.53. The second-order valence-electron chi connectivity index (χ2n) is 15.2. The van der Waals surface area contributed by atoms with Crippen LogP contribution in [0.25, 0.3) is 0 Å². The summed E-state index contributed by atoms with van der Waals surface area (Å²) in [6, 6.07) is 0. The molecule has 10 nitrogen and oxygen atoms in total. The molecule has 16 atom stereocenters. The van der Waals surface area contributed by atoms with E-state index in [0.29, 0.717) is 35.5 Å². The van der Waals surface area contributed by atoms with E-state index in [9.17, 15) is 28.8 Å². The van der Waals surface area contributed by atoms with Gasteiger partial charge in [0.25, 0.3) is 0 Å². The average molecular weight is 614 g/mol. The van der Waals surface area contributed by atoms with Crippen LogP contribution in [0.2, 0.25) is 0 Å². The van der Waals surface area contributed by atoms with E-state index in [4.69, 9.17) is 4.74 Å². The first-order chi connectivity index (χ1) is 21.6. The normalized spacial score (nSPS) is 50.9. The van der Waals surface area contributed by atoms with Gasteiger partial charge in [-0.2, -0.15) is 0 Å². The molecule has 5 aliphatic heterocycles. The predicted molar refractivity (Wildman–Crippen MR) is 157 cm³/mol. The summed E-state index contributed by atoms with van der Waals surface area (Å²) < 4.78 is 5.56. The van der Waals surface area contributed by atoms with Crippen molar-refractivity contribution >= 4 is 35.4 Å². The smallest absolute Gasteiger partial charge is 0.235 e. The van der Waals surface area contributed by atoms with E-state index in [1.54, 1.807) is 21.1 Å². The SMILES string of the molecule is CN1C(=O)C2C3C=CC(C4C=CC43)C2C1=O.CN1C(=O)C2C3C=CC(C4CCC34)C2C1=O.CN1C(=O)C2C3CCC(O3)C2C1=O. The fourth-order valence-electron chi connectivity index (χ4n) is 11.4. The zero-order chi connectivity index (χ0) is 31.2. The van der Waals surface area contributed by atoms with Crippen LogP contribution in [0.1, 0.15) is 25.7 Å². The summed E-state index contributed by atoms with van der Waals surface area (Å²) in [6.07, 6.45) is 17.6. The second-order valence-corrected chi connectivity index (χ2v) is 15.2. The van der Waals surface area contributed by atoms with E-state index in [0.717, 1.165) is 12.8 Å². The number of hydrogen-bond acceptors (Lipinski definition) is 7. The lowest BCUT2D eigenvalue weighted by Gasteiger charge is -2.55.